The summed E-state index contributed by atoms with van der Waals surface area (Å²) >= 11 is 0. The predicted molar refractivity (Wildman–Crippen MR) is 145 cm³/mol. The van der Waals surface area contributed by atoms with E-state index in [-0.39, 0.29) is 17.6 Å². The molecule has 8 nitrogen and oxygen atoms in total. The van der Waals surface area contributed by atoms with Gasteiger partial charge in [-0.1, -0.05) is 12.1 Å². The van der Waals surface area contributed by atoms with Gasteiger partial charge in [0.25, 0.3) is 5.91 Å². The van der Waals surface area contributed by atoms with Gasteiger partial charge in [0.15, 0.2) is 0 Å². The van der Waals surface area contributed by atoms with E-state index in [2.05, 4.69) is 15.5 Å². The van der Waals surface area contributed by atoms with Crippen LogP contribution in [-0.4, -0.2) is 67.4 Å². The van der Waals surface area contributed by atoms with E-state index in [4.69, 9.17) is 11.5 Å². The van der Waals surface area contributed by atoms with Gasteiger partial charge in [-0.15, -0.1) is 0 Å². The van der Waals surface area contributed by atoms with Crippen LogP contribution in [0.1, 0.15) is 47.5 Å². The Morgan fingerprint density at radius 1 is 1.05 bits per heavy atom. The van der Waals surface area contributed by atoms with Crippen LogP contribution in [0.5, 0.6) is 0 Å². The molecule has 2 aromatic rings. The molecule has 1 atom stereocenters. The standard InChI is InChI=1S/C19H30N6O2.C9H9F/c1-24-11-13-25(14-12-24)19(27)17(3-2-8-20)23-18(26)15-4-6-16(7-5-15)22-10-9-21;10-9-5-3-8(4-6-9)7-1-2-7/h4-7,9-10,17,22H,2-3,8,11-14,20-21H2,1H3,(H,23,26);3-7H,1-2H2/b10-9-;. The molecule has 0 aromatic heterocycles. The average Bonchev–Trinajstić information content (AvgIpc) is 3.76. The number of piperazine rings is 1. The summed E-state index contributed by atoms with van der Waals surface area (Å²) in [6.07, 6.45) is 6.78. The smallest absolute Gasteiger partial charge is 0.251 e. The van der Waals surface area contributed by atoms with Crippen LogP contribution in [0.25, 0.3) is 0 Å². The van der Waals surface area contributed by atoms with Crippen molar-refractivity contribution in [2.75, 3.05) is 45.1 Å². The van der Waals surface area contributed by atoms with E-state index in [9.17, 15) is 14.0 Å². The molecule has 200 valence electrons. The molecule has 6 N–H and O–H groups in total. The minimum atomic E-state index is -0.553. The molecule has 1 saturated carbocycles. The maximum atomic E-state index is 12.9. The molecule has 9 heteroatoms. The Hall–Kier alpha value is -3.43. The van der Waals surface area contributed by atoms with Gasteiger partial charge < -0.3 is 31.9 Å². The first-order valence-corrected chi connectivity index (χ1v) is 12.9. The monoisotopic (exact) mass is 510 g/mol. The number of carbonyl (C=O) groups excluding carboxylic acids is 2. The summed E-state index contributed by atoms with van der Waals surface area (Å²) in [6.45, 7) is 3.53. The van der Waals surface area contributed by atoms with Crippen molar-refractivity contribution in [3.8, 4) is 0 Å². The van der Waals surface area contributed by atoms with Gasteiger partial charge in [-0.2, -0.15) is 0 Å². The Morgan fingerprint density at radius 3 is 2.27 bits per heavy atom. The van der Waals surface area contributed by atoms with Gasteiger partial charge in [-0.25, -0.2) is 4.39 Å². The first-order chi connectivity index (χ1) is 17.9. The lowest BCUT2D eigenvalue weighted by molar-refractivity contribution is -0.135. The zero-order valence-corrected chi connectivity index (χ0v) is 21.5. The van der Waals surface area contributed by atoms with Gasteiger partial charge in [-0.3, -0.25) is 9.59 Å². The van der Waals surface area contributed by atoms with E-state index in [1.165, 1.54) is 36.7 Å². The number of nitrogens with two attached hydrogens (primary N) is 2. The SMILES string of the molecule is CN1CCN(C(=O)C(CCCN)NC(=O)c2ccc(N/C=C\N)cc2)CC1.Fc1ccc(C2CC2)cc1. The molecule has 2 amide bonds. The zero-order valence-electron chi connectivity index (χ0n) is 21.5. The highest BCUT2D eigenvalue weighted by Gasteiger charge is 2.28. The molecule has 4 rings (SSSR count). The van der Waals surface area contributed by atoms with Crippen molar-refractivity contribution in [3.05, 3.63) is 77.9 Å². The van der Waals surface area contributed by atoms with Crippen LogP contribution >= 0.6 is 0 Å². The molecule has 0 radical (unpaired) electrons. The fourth-order valence-corrected chi connectivity index (χ4v) is 4.08. The van der Waals surface area contributed by atoms with Crippen LogP contribution in [0.15, 0.2) is 60.9 Å². The van der Waals surface area contributed by atoms with Gasteiger partial charge in [0, 0.05) is 49.8 Å². The van der Waals surface area contributed by atoms with Gasteiger partial charge in [0.2, 0.25) is 5.91 Å². The van der Waals surface area contributed by atoms with Gasteiger partial charge in [-0.05, 0) is 87.2 Å². The zero-order chi connectivity index (χ0) is 26.6. The topological polar surface area (TPSA) is 117 Å². The number of hydrogen-bond acceptors (Lipinski definition) is 6. The minimum absolute atomic E-state index is 0.0312. The molecule has 2 aromatic carbocycles. The number of nitrogens with zero attached hydrogens (tertiary/aromatic N) is 2. The largest absolute Gasteiger partial charge is 0.403 e. The molecule has 1 aliphatic carbocycles. The third-order valence-corrected chi connectivity index (χ3v) is 6.53. The first-order valence-electron chi connectivity index (χ1n) is 12.9. The molecule has 1 unspecified atom stereocenters. The number of hydrogen-bond donors (Lipinski definition) is 4. The van der Waals surface area contributed by atoms with Crippen molar-refractivity contribution >= 4 is 17.5 Å². The van der Waals surface area contributed by atoms with Crippen molar-refractivity contribution in [2.45, 2.75) is 37.6 Å². The number of anilines is 1. The molecule has 1 aliphatic heterocycles. The highest BCUT2D eigenvalue weighted by atomic mass is 19.1. The normalized spacial score (nSPS) is 16.6. The average molecular weight is 511 g/mol. The number of halogens is 1. The Kier molecular flexibility index (Phi) is 10.9. The Labute approximate surface area is 218 Å². The second-order valence-corrected chi connectivity index (χ2v) is 9.49. The quantitative estimate of drug-likeness (QED) is 0.412. The summed E-state index contributed by atoms with van der Waals surface area (Å²) in [5.74, 6) is 0.307. The van der Waals surface area contributed by atoms with Crippen molar-refractivity contribution in [2.24, 2.45) is 11.5 Å². The third kappa shape index (κ3) is 9.18. The molecule has 2 aliphatic rings. The minimum Gasteiger partial charge on any atom is -0.403 e. The van der Waals surface area contributed by atoms with Gasteiger partial charge >= 0.3 is 0 Å². The molecule has 2 fully saturated rings. The molecular formula is C28H39FN6O2. The molecule has 37 heavy (non-hydrogen) atoms. The molecule has 0 bridgehead atoms. The summed E-state index contributed by atoms with van der Waals surface area (Å²) in [6, 6.07) is 13.3. The van der Waals surface area contributed by atoms with E-state index >= 15 is 0 Å². The number of carbonyl (C=O) groups is 2. The number of nitrogens with one attached hydrogen (secondary N) is 2. The van der Waals surface area contributed by atoms with E-state index < -0.39 is 6.04 Å². The van der Waals surface area contributed by atoms with Crippen molar-refractivity contribution < 1.29 is 14.0 Å². The highest BCUT2D eigenvalue weighted by molar-refractivity contribution is 5.97. The molecule has 1 heterocycles. The van der Waals surface area contributed by atoms with Crippen LogP contribution in [0, 0.1) is 5.82 Å². The van der Waals surface area contributed by atoms with Crippen LogP contribution in [0.2, 0.25) is 0 Å². The van der Waals surface area contributed by atoms with Crippen LogP contribution in [0.3, 0.4) is 0 Å². The summed E-state index contributed by atoms with van der Waals surface area (Å²) in [5.41, 5.74) is 13.5. The second kappa shape index (κ2) is 14.3. The number of likely N-dealkylation sites (N-methyl/N-ethyl adjacent to an activating group) is 1. The first kappa shape index (κ1) is 28.1. The Bertz CT molecular complexity index is 1020. The van der Waals surface area contributed by atoms with Crippen molar-refractivity contribution in [3.63, 3.8) is 0 Å². The van der Waals surface area contributed by atoms with Gasteiger partial charge in [0.1, 0.15) is 11.9 Å². The molecule has 1 saturated heterocycles. The third-order valence-electron chi connectivity index (χ3n) is 6.53. The van der Waals surface area contributed by atoms with Crippen molar-refractivity contribution in [1.82, 2.24) is 15.1 Å². The van der Waals surface area contributed by atoms with E-state index in [1.54, 1.807) is 30.5 Å². The van der Waals surface area contributed by atoms with Crippen LogP contribution < -0.4 is 22.1 Å². The van der Waals surface area contributed by atoms with E-state index in [0.717, 1.165) is 24.7 Å². The molecular weight excluding hydrogens is 471 g/mol. The van der Waals surface area contributed by atoms with Gasteiger partial charge in [0.05, 0.1) is 0 Å². The maximum absolute atomic E-state index is 12.9. The second-order valence-electron chi connectivity index (χ2n) is 9.49. The number of rotatable bonds is 9. The molecule has 0 spiro atoms. The Balaban J connectivity index is 0.000000313. The summed E-state index contributed by atoms with van der Waals surface area (Å²) in [4.78, 5) is 29.5. The van der Waals surface area contributed by atoms with Crippen LogP contribution in [-0.2, 0) is 4.79 Å². The number of benzene rings is 2. The fourth-order valence-electron chi connectivity index (χ4n) is 4.08. The fraction of sp³-hybridized carbons (Fsp3) is 0.429. The predicted octanol–water partition coefficient (Wildman–Crippen LogP) is 2.84. The summed E-state index contributed by atoms with van der Waals surface area (Å²) in [5, 5.41) is 5.86. The summed E-state index contributed by atoms with van der Waals surface area (Å²) in [7, 11) is 2.04. The van der Waals surface area contributed by atoms with Crippen LogP contribution in [0.4, 0.5) is 10.1 Å². The van der Waals surface area contributed by atoms with E-state index in [0.29, 0.717) is 38.0 Å². The lowest BCUT2D eigenvalue weighted by Crippen LogP contribution is -2.54. The number of amides is 2. The lowest BCUT2D eigenvalue weighted by atomic mass is 10.1. The Morgan fingerprint density at radius 2 is 1.70 bits per heavy atom. The maximum Gasteiger partial charge on any atom is 0.251 e. The van der Waals surface area contributed by atoms with E-state index in [1.807, 2.05) is 24.1 Å². The lowest BCUT2D eigenvalue weighted by Gasteiger charge is -2.34. The van der Waals surface area contributed by atoms with Crippen molar-refractivity contribution in [1.29, 1.82) is 0 Å². The highest BCUT2D eigenvalue weighted by Crippen LogP contribution is 2.39. The summed E-state index contributed by atoms with van der Waals surface area (Å²) < 4.78 is 12.4.